The molecule has 0 aliphatic carbocycles. The van der Waals surface area contributed by atoms with E-state index < -0.39 is 0 Å². The Hall–Kier alpha value is -1.97. The molecule has 0 amide bonds. The van der Waals surface area contributed by atoms with E-state index in [0.717, 1.165) is 29.9 Å². The lowest BCUT2D eigenvalue weighted by atomic mass is 10.1. The van der Waals surface area contributed by atoms with Crippen molar-refractivity contribution in [3.63, 3.8) is 0 Å². The van der Waals surface area contributed by atoms with Crippen LogP contribution in [0, 0.1) is 6.92 Å². The van der Waals surface area contributed by atoms with Gasteiger partial charge >= 0.3 is 0 Å². The maximum Gasteiger partial charge on any atom is 0.254 e. The molecule has 0 aromatic carbocycles. The summed E-state index contributed by atoms with van der Waals surface area (Å²) in [6.45, 7) is 3.85. The lowest BCUT2D eigenvalue weighted by Crippen LogP contribution is -2.16. The van der Waals surface area contributed by atoms with Crippen LogP contribution >= 0.6 is 0 Å². The van der Waals surface area contributed by atoms with Crippen LogP contribution in [-0.4, -0.2) is 15.0 Å². The summed E-state index contributed by atoms with van der Waals surface area (Å²) < 4.78 is 0. The van der Waals surface area contributed by atoms with E-state index in [-0.39, 0.29) is 5.56 Å². The predicted molar refractivity (Wildman–Crippen MR) is 66.8 cm³/mol. The monoisotopic (exact) mass is 229 g/mol. The minimum Gasteiger partial charge on any atom is -0.310 e. The van der Waals surface area contributed by atoms with Gasteiger partial charge in [-0.2, -0.15) is 0 Å². The summed E-state index contributed by atoms with van der Waals surface area (Å²) in [5.41, 5.74) is 2.27. The van der Waals surface area contributed by atoms with Crippen LogP contribution in [0.5, 0.6) is 0 Å². The van der Waals surface area contributed by atoms with Gasteiger partial charge in [0.05, 0.1) is 5.69 Å². The molecule has 0 saturated carbocycles. The molecule has 2 aromatic heterocycles. The van der Waals surface area contributed by atoms with Crippen LogP contribution in [-0.2, 0) is 6.42 Å². The fourth-order valence-electron chi connectivity index (χ4n) is 1.73. The molecular weight excluding hydrogens is 214 g/mol. The number of nitrogens with zero attached hydrogens (tertiary/aromatic N) is 2. The molecule has 88 valence electrons. The molecular formula is C13H15N3O. The summed E-state index contributed by atoms with van der Waals surface area (Å²) in [6, 6.07) is 3.73. The molecule has 17 heavy (non-hydrogen) atoms. The summed E-state index contributed by atoms with van der Waals surface area (Å²) in [7, 11) is 0. The quantitative estimate of drug-likeness (QED) is 0.876. The molecule has 0 fully saturated rings. The number of hydrogen-bond acceptors (Lipinski definition) is 3. The van der Waals surface area contributed by atoms with Crippen molar-refractivity contribution in [1.29, 1.82) is 0 Å². The highest BCUT2D eigenvalue weighted by molar-refractivity contribution is 5.61. The summed E-state index contributed by atoms with van der Waals surface area (Å²) in [6.07, 6.45) is 5.16. The number of H-pyrrole nitrogens is 1. The van der Waals surface area contributed by atoms with Crippen molar-refractivity contribution in [1.82, 2.24) is 15.0 Å². The molecule has 1 N–H and O–H groups in total. The molecule has 2 aromatic rings. The molecule has 0 radical (unpaired) electrons. The van der Waals surface area contributed by atoms with E-state index in [1.807, 2.05) is 12.1 Å². The van der Waals surface area contributed by atoms with Crippen LogP contribution in [0.2, 0.25) is 0 Å². The lowest BCUT2D eigenvalue weighted by molar-refractivity contribution is 0.822. The predicted octanol–water partition coefficient (Wildman–Crippen LogP) is 2.09. The summed E-state index contributed by atoms with van der Waals surface area (Å²) in [5, 5.41) is 0. The van der Waals surface area contributed by atoms with E-state index >= 15 is 0 Å². The Morgan fingerprint density at radius 2 is 2.00 bits per heavy atom. The van der Waals surface area contributed by atoms with Crippen molar-refractivity contribution in [3.05, 3.63) is 46.3 Å². The smallest absolute Gasteiger partial charge is 0.254 e. The van der Waals surface area contributed by atoms with Crippen molar-refractivity contribution < 1.29 is 0 Å². The Labute approximate surface area is 99.8 Å². The normalized spacial score (nSPS) is 10.5. The highest BCUT2D eigenvalue weighted by Gasteiger charge is 2.08. The molecule has 0 bridgehead atoms. The van der Waals surface area contributed by atoms with Crippen LogP contribution < -0.4 is 5.56 Å². The lowest BCUT2D eigenvalue weighted by Gasteiger charge is -2.06. The van der Waals surface area contributed by atoms with Crippen molar-refractivity contribution in [2.24, 2.45) is 0 Å². The minimum absolute atomic E-state index is 0.0599. The van der Waals surface area contributed by atoms with Gasteiger partial charge in [-0.15, -0.1) is 0 Å². The van der Waals surface area contributed by atoms with Crippen molar-refractivity contribution >= 4 is 0 Å². The zero-order valence-electron chi connectivity index (χ0n) is 10.0. The Morgan fingerprint density at radius 3 is 2.65 bits per heavy atom. The zero-order valence-corrected chi connectivity index (χ0v) is 10.0. The third-order valence-corrected chi connectivity index (χ3v) is 2.64. The number of nitrogens with one attached hydrogen (secondary N) is 1. The number of pyridine rings is 1. The van der Waals surface area contributed by atoms with E-state index in [4.69, 9.17) is 0 Å². The maximum absolute atomic E-state index is 11.8. The molecule has 0 saturated heterocycles. The van der Waals surface area contributed by atoms with Crippen molar-refractivity contribution in [3.8, 4) is 11.3 Å². The largest absolute Gasteiger partial charge is 0.310 e. The Kier molecular flexibility index (Phi) is 3.32. The molecule has 2 rings (SSSR count). The van der Waals surface area contributed by atoms with Gasteiger partial charge in [0.15, 0.2) is 0 Å². The first kappa shape index (κ1) is 11.5. The third kappa shape index (κ3) is 2.41. The molecule has 4 nitrogen and oxygen atoms in total. The van der Waals surface area contributed by atoms with Crippen LogP contribution in [0.15, 0.2) is 29.3 Å². The fraction of sp³-hybridized carbons (Fsp3) is 0.308. The maximum atomic E-state index is 11.8. The summed E-state index contributed by atoms with van der Waals surface area (Å²) in [4.78, 5) is 23.1. The van der Waals surface area contributed by atoms with Crippen LogP contribution in [0.3, 0.4) is 0 Å². The molecule has 4 heteroatoms. The molecule has 2 heterocycles. The third-order valence-electron chi connectivity index (χ3n) is 2.64. The van der Waals surface area contributed by atoms with E-state index in [1.54, 1.807) is 19.3 Å². The molecule has 0 aliphatic heterocycles. The molecule has 0 unspecified atom stereocenters. The minimum atomic E-state index is -0.0599. The molecule has 0 aliphatic rings. The van der Waals surface area contributed by atoms with Gasteiger partial charge in [0.2, 0.25) is 0 Å². The Balaban J connectivity index is 2.57. The van der Waals surface area contributed by atoms with E-state index in [0.29, 0.717) is 5.56 Å². The van der Waals surface area contributed by atoms with Gasteiger partial charge in [0.25, 0.3) is 5.56 Å². The van der Waals surface area contributed by atoms with Crippen LogP contribution in [0.25, 0.3) is 11.3 Å². The van der Waals surface area contributed by atoms with E-state index in [1.165, 1.54) is 0 Å². The van der Waals surface area contributed by atoms with E-state index in [2.05, 4.69) is 21.9 Å². The van der Waals surface area contributed by atoms with Gasteiger partial charge < -0.3 is 4.98 Å². The summed E-state index contributed by atoms with van der Waals surface area (Å²) in [5.74, 6) is 0.745. The van der Waals surface area contributed by atoms with E-state index in [9.17, 15) is 4.79 Å². The van der Waals surface area contributed by atoms with Gasteiger partial charge in [-0.1, -0.05) is 6.92 Å². The zero-order chi connectivity index (χ0) is 12.3. The highest BCUT2D eigenvalue weighted by Crippen LogP contribution is 2.17. The standard InChI is InChI=1S/C13H15N3O/c1-3-4-11-15-12(9(2)13(17)16-11)10-5-7-14-8-6-10/h5-8H,3-4H2,1-2H3,(H,15,16,17). The second kappa shape index (κ2) is 4.91. The highest BCUT2D eigenvalue weighted by atomic mass is 16.1. The number of aryl methyl sites for hydroxylation is 1. The topological polar surface area (TPSA) is 58.6 Å². The van der Waals surface area contributed by atoms with Gasteiger partial charge in [-0.3, -0.25) is 9.78 Å². The number of aromatic amines is 1. The second-order valence-electron chi connectivity index (χ2n) is 3.97. The average molecular weight is 229 g/mol. The van der Waals surface area contributed by atoms with Gasteiger partial charge in [-0.25, -0.2) is 4.98 Å². The average Bonchev–Trinajstić information content (AvgIpc) is 2.35. The Morgan fingerprint density at radius 1 is 1.29 bits per heavy atom. The van der Waals surface area contributed by atoms with Gasteiger partial charge in [0.1, 0.15) is 5.82 Å². The Bertz CT molecular complexity index is 561. The van der Waals surface area contributed by atoms with Gasteiger partial charge in [0, 0.05) is 29.9 Å². The first-order valence-electron chi connectivity index (χ1n) is 5.72. The number of rotatable bonds is 3. The fourth-order valence-corrected chi connectivity index (χ4v) is 1.73. The van der Waals surface area contributed by atoms with Crippen molar-refractivity contribution in [2.45, 2.75) is 26.7 Å². The number of aromatic nitrogens is 3. The molecule has 0 atom stereocenters. The van der Waals surface area contributed by atoms with Crippen LogP contribution in [0.1, 0.15) is 24.7 Å². The first-order chi connectivity index (χ1) is 8.22. The molecule has 0 spiro atoms. The van der Waals surface area contributed by atoms with Crippen LogP contribution in [0.4, 0.5) is 0 Å². The first-order valence-corrected chi connectivity index (χ1v) is 5.72. The van der Waals surface area contributed by atoms with Gasteiger partial charge in [-0.05, 0) is 25.5 Å². The number of hydrogen-bond donors (Lipinski definition) is 1. The van der Waals surface area contributed by atoms with Crippen molar-refractivity contribution in [2.75, 3.05) is 0 Å². The summed E-state index contributed by atoms with van der Waals surface area (Å²) >= 11 is 0. The SMILES string of the molecule is CCCc1nc(-c2ccncc2)c(C)c(=O)[nH]1. The second-order valence-corrected chi connectivity index (χ2v) is 3.97.